The number of hydrogen-bond acceptors (Lipinski definition) is 4. The summed E-state index contributed by atoms with van der Waals surface area (Å²) in [7, 11) is 1.74. The van der Waals surface area contributed by atoms with Crippen LogP contribution in [-0.2, 0) is 13.5 Å². The fourth-order valence-corrected chi connectivity index (χ4v) is 4.58. The van der Waals surface area contributed by atoms with E-state index in [1.807, 2.05) is 13.1 Å². The Morgan fingerprint density at radius 3 is 2.88 bits per heavy atom. The van der Waals surface area contributed by atoms with E-state index in [1.165, 1.54) is 16.7 Å². The first-order valence-corrected chi connectivity index (χ1v) is 9.78. The van der Waals surface area contributed by atoms with E-state index in [2.05, 4.69) is 42.3 Å². The normalized spacial score (nSPS) is 15.4. The maximum absolute atomic E-state index is 11.9. The maximum Gasteiger partial charge on any atom is 0.326 e. The Balaban J connectivity index is 2.05. The van der Waals surface area contributed by atoms with E-state index in [0.29, 0.717) is 4.64 Å². The third kappa shape index (κ3) is 2.79. The molecular weight excluding hydrogens is 362 g/mol. The Labute approximate surface area is 160 Å². The van der Waals surface area contributed by atoms with Gasteiger partial charge >= 0.3 is 5.69 Å². The number of fused-ring (bicyclic) bond motifs is 2. The van der Waals surface area contributed by atoms with Crippen LogP contribution in [0.25, 0.3) is 12.2 Å². The lowest BCUT2D eigenvalue weighted by Gasteiger charge is -2.19. The van der Waals surface area contributed by atoms with Crippen molar-refractivity contribution in [2.75, 3.05) is 0 Å². The molecule has 0 saturated carbocycles. The van der Waals surface area contributed by atoms with Gasteiger partial charge in [-0.3, -0.25) is 4.98 Å². The second-order valence-electron chi connectivity index (χ2n) is 6.52. The van der Waals surface area contributed by atoms with Gasteiger partial charge in [0, 0.05) is 18.8 Å². The van der Waals surface area contributed by atoms with Gasteiger partial charge in [-0.1, -0.05) is 43.4 Å². The molecule has 0 amide bonds. The SMILES string of the molecule is CCc1ccc2c(c1)C=Cc1sc(C)nc1C2c1cn(C)c(=O)[nH]c1=S. The molecule has 4 rings (SSSR count). The summed E-state index contributed by atoms with van der Waals surface area (Å²) < 4.78 is 2.02. The van der Waals surface area contributed by atoms with Gasteiger partial charge in [-0.15, -0.1) is 11.3 Å². The predicted octanol–water partition coefficient (Wildman–Crippen LogP) is 4.43. The standard InChI is InChI=1S/C20H19N3OS2/c1-4-12-5-7-14-13(9-12)6-8-16-18(21-11(2)26-16)17(14)15-10-23(3)20(24)22-19(15)25/h5-10,17H,4H2,1-3H3,(H,22,24,25). The number of aromatic amines is 1. The molecule has 6 heteroatoms. The van der Waals surface area contributed by atoms with Crippen molar-refractivity contribution in [2.45, 2.75) is 26.2 Å². The van der Waals surface area contributed by atoms with E-state index in [9.17, 15) is 4.79 Å². The predicted molar refractivity (Wildman–Crippen MR) is 109 cm³/mol. The topological polar surface area (TPSA) is 50.7 Å². The van der Waals surface area contributed by atoms with Crippen LogP contribution >= 0.6 is 23.6 Å². The van der Waals surface area contributed by atoms with E-state index >= 15 is 0 Å². The number of hydrogen-bond donors (Lipinski definition) is 1. The summed E-state index contributed by atoms with van der Waals surface area (Å²) >= 11 is 7.21. The second kappa shape index (κ2) is 6.45. The zero-order valence-corrected chi connectivity index (χ0v) is 16.5. The van der Waals surface area contributed by atoms with Crippen LogP contribution < -0.4 is 5.69 Å². The van der Waals surface area contributed by atoms with Crippen molar-refractivity contribution in [1.29, 1.82) is 0 Å². The quantitative estimate of drug-likeness (QED) is 0.523. The molecule has 1 atom stereocenters. The van der Waals surface area contributed by atoms with Gasteiger partial charge in [0.2, 0.25) is 0 Å². The lowest BCUT2D eigenvalue weighted by atomic mass is 9.87. The van der Waals surface area contributed by atoms with Crippen LogP contribution in [0.2, 0.25) is 0 Å². The maximum atomic E-state index is 11.9. The molecular formula is C20H19N3OS2. The molecule has 1 aliphatic carbocycles. The lowest BCUT2D eigenvalue weighted by Crippen LogP contribution is -2.22. The highest BCUT2D eigenvalue weighted by Gasteiger charge is 2.28. The van der Waals surface area contributed by atoms with Crippen LogP contribution in [0, 0.1) is 11.6 Å². The minimum Gasteiger partial charge on any atom is -0.304 e. The second-order valence-corrected chi connectivity index (χ2v) is 8.16. The Hall–Kier alpha value is -2.31. The van der Waals surface area contributed by atoms with Gasteiger partial charge in [0.05, 0.1) is 21.5 Å². The summed E-state index contributed by atoms with van der Waals surface area (Å²) in [6, 6.07) is 6.57. The summed E-state index contributed by atoms with van der Waals surface area (Å²) in [4.78, 5) is 20.7. The van der Waals surface area contributed by atoms with E-state index in [1.54, 1.807) is 23.0 Å². The van der Waals surface area contributed by atoms with Crippen molar-refractivity contribution < 1.29 is 0 Å². The Bertz CT molecular complexity index is 1150. The fourth-order valence-electron chi connectivity index (χ4n) is 3.45. The van der Waals surface area contributed by atoms with E-state index in [-0.39, 0.29) is 11.6 Å². The molecule has 1 aromatic carbocycles. The summed E-state index contributed by atoms with van der Waals surface area (Å²) in [5, 5.41) is 1.03. The first-order chi connectivity index (χ1) is 12.5. The Morgan fingerprint density at radius 2 is 2.12 bits per heavy atom. The average Bonchev–Trinajstić information content (AvgIpc) is 2.92. The van der Waals surface area contributed by atoms with Gasteiger partial charge in [-0.05, 0) is 36.1 Å². The van der Waals surface area contributed by atoms with Crippen LogP contribution in [-0.4, -0.2) is 14.5 Å². The van der Waals surface area contributed by atoms with Crippen LogP contribution in [0.1, 0.15) is 50.7 Å². The molecule has 0 saturated heterocycles. The number of nitrogens with zero attached hydrogens (tertiary/aromatic N) is 2. The number of thiazole rings is 1. The molecule has 2 heterocycles. The molecule has 4 nitrogen and oxygen atoms in total. The molecule has 0 radical (unpaired) electrons. The van der Waals surface area contributed by atoms with E-state index in [0.717, 1.165) is 27.6 Å². The minimum absolute atomic E-state index is 0.0959. The van der Waals surface area contributed by atoms with Crippen LogP contribution in [0.3, 0.4) is 0 Å². The Morgan fingerprint density at radius 1 is 1.31 bits per heavy atom. The van der Waals surface area contributed by atoms with Gasteiger partial charge in [-0.2, -0.15) is 0 Å². The summed E-state index contributed by atoms with van der Waals surface area (Å²) in [6.45, 7) is 4.18. The molecule has 1 N–H and O–H groups in total. The van der Waals surface area contributed by atoms with E-state index in [4.69, 9.17) is 17.2 Å². The lowest BCUT2D eigenvalue weighted by molar-refractivity contribution is 0.769. The first-order valence-electron chi connectivity index (χ1n) is 8.56. The molecule has 1 aliphatic rings. The summed E-state index contributed by atoms with van der Waals surface area (Å²) in [5.74, 6) is -0.0959. The highest BCUT2D eigenvalue weighted by molar-refractivity contribution is 7.71. The van der Waals surface area contributed by atoms with Crippen LogP contribution in [0.15, 0.2) is 29.2 Å². The van der Waals surface area contributed by atoms with Gasteiger partial charge in [0.15, 0.2) is 0 Å². The van der Waals surface area contributed by atoms with Crippen molar-refractivity contribution in [3.8, 4) is 0 Å². The van der Waals surface area contributed by atoms with Gasteiger partial charge in [0.1, 0.15) is 4.64 Å². The highest BCUT2D eigenvalue weighted by Crippen LogP contribution is 2.40. The third-order valence-corrected chi connectivity index (χ3v) is 6.08. The van der Waals surface area contributed by atoms with Crippen LogP contribution in [0.5, 0.6) is 0 Å². The van der Waals surface area contributed by atoms with Gasteiger partial charge in [-0.25, -0.2) is 9.78 Å². The monoisotopic (exact) mass is 381 g/mol. The number of aromatic nitrogens is 3. The number of aryl methyl sites for hydroxylation is 3. The molecule has 3 aromatic rings. The average molecular weight is 382 g/mol. The third-order valence-electron chi connectivity index (χ3n) is 4.79. The fraction of sp³-hybridized carbons (Fsp3) is 0.250. The molecule has 132 valence electrons. The van der Waals surface area contributed by atoms with Crippen molar-refractivity contribution in [3.05, 3.63) is 77.4 Å². The molecule has 2 aromatic heterocycles. The van der Waals surface area contributed by atoms with Crippen molar-refractivity contribution >= 4 is 35.7 Å². The van der Waals surface area contributed by atoms with E-state index < -0.39 is 0 Å². The molecule has 1 unspecified atom stereocenters. The van der Waals surface area contributed by atoms with Crippen LogP contribution in [0.4, 0.5) is 0 Å². The number of H-pyrrole nitrogens is 1. The van der Waals surface area contributed by atoms with Crippen molar-refractivity contribution in [3.63, 3.8) is 0 Å². The molecule has 0 fully saturated rings. The largest absolute Gasteiger partial charge is 0.326 e. The van der Waals surface area contributed by atoms with Gasteiger partial charge < -0.3 is 4.57 Å². The first kappa shape index (κ1) is 17.1. The number of rotatable bonds is 2. The number of benzene rings is 1. The number of nitrogens with one attached hydrogen (secondary N) is 1. The van der Waals surface area contributed by atoms with Crippen molar-refractivity contribution in [1.82, 2.24) is 14.5 Å². The molecule has 26 heavy (non-hydrogen) atoms. The smallest absolute Gasteiger partial charge is 0.304 e. The molecule has 0 spiro atoms. The zero-order chi connectivity index (χ0) is 18.4. The van der Waals surface area contributed by atoms with Gasteiger partial charge in [0.25, 0.3) is 0 Å². The molecule has 0 bridgehead atoms. The van der Waals surface area contributed by atoms with Crippen molar-refractivity contribution in [2.24, 2.45) is 7.05 Å². The summed E-state index contributed by atoms with van der Waals surface area (Å²) in [6.07, 6.45) is 7.14. The minimum atomic E-state index is -0.207. The Kier molecular flexibility index (Phi) is 4.25. The highest BCUT2D eigenvalue weighted by atomic mass is 32.1. The zero-order valence-electron chi connectivity index (χ0n) is 14.9. The summed E-state index contributed by atoms with van der Waals surface area (Å²) in [5.41, 5.74) is 5.35. The molecule has 0 aliphatic heterocycles.